The van der Waals surface area contributed by atoms with Gasteiger partial charge in [0.1, 0.15) is 17.2 Å². The van der Waals surface area contributed by atoms with Gasteiger partial charge in [-0.1, -0.05) is 36.5 Å². The third kappa shape index (κ3) is 5.11. The highest BCUT2D eigenvalue weighted by Gasteiger charge is 2.15. The quantitative estimate of drug-likeness (QED) is 0.240. The minimum atomic E-state index is -0.216. The first kappa shape index (κ1) is 25.5. The van der Waals surface area contributed by atoms with Crippen LogP contribution in [0.2, 0.25) is 0 Å². The number of para-hydroxylation sites is 1. The van der Waals surface area contributed by atoms with Gasteiger partial charge in [0.25, 0.3) is 5.56 Å². The molecule has 0 aliphatic carbocycles. The highest BCUT2D eigenvalue weighted by atomic mass is 32.1. The maximum absolute atomic E-state index is 13.4. The van der Waals surface area contributed by atoms with Crippen LogP contribution in [0.25, 0.3) is 39.4 Å². The molecule has 3 aromatic heterocycles. The smallest absolute Gasteiger partial charge is 0.291 e. The number of benzene rings is 3. The monoisotopic (exact) mass is 549 g/mol. The molecule has 200 valence electrons. The summed E-state index contributed by atoms with van der Waals surface area (Å²) in [6.07, 6.45) is 4.75. The van der Waals surface area contributed by atoms with Crippen LogP contribution in [0.15, 0.2) is 89.9 Å². The van der Waals surface area contributed by atoms with Crippen LogP contribution < -0.4 is 19.6 Å². The molecule has 0 unspecified atom stereocenters. The fraction of sp³-hybridized carbons (Fsp3) is 0.161. The molecule has 6 aromatic rings. The van der Waals surface area contributed by atoms with Crippen LogP contribution in [-0.4, -0.2) is 37.6 Å². The number of hydrogen-bond acceptors (Lipinski definition) is 7. The third-order valence-electron chi connectivity index (χ3n) is 6.26. The van der Waals surface area contributed by atoms with Crippen molar-refractivity contribution < 1.29 is 9.47 Å². The Hall–Kier alpha value is -4.76. The van der Waals surface area contributed by atoms with Gasteiger partial charge in [-0.15, -0.1) is 5.10 Å². The van der Waals surface area contributed by atoms with Crippen molar-refractivity contribution in [1.29, 1.82) is 0 Å². The van der Waals surface area contributed by atoms with E-state index in [0.717, 1.165) is 46.0 Å². The van der Waals surface area contributed by atoms with E-state index >= 15 is 0 Å². The molecule has 0 aliphatic rings. The Bertz CT molecular complexity index is 1860. The Labute approximate surface area is 234 Å². The SMILES string of the molecule is CCCOc1ccc(-c2nn(-c3ccccc3)cc2C=c2sc3nc(-c4ccc(OCC)cc4)nn3c2=O)cc1. The van der Waals surface area contributed by atoms with Gasteiger partial charge in [0.2, 0.25) is 4.96 Å². The lowest BCUT2D eigenvalue weighted by Gasteiger charge is -2.05. The van der Waals surface area contributed by atoms with Gasteiger partial charge in [-0.3, -0.25) is 4.79 Å². The summed E-state index contributed by atoms with van der Waals surface area (Å²) in [4.78, 5) is 18.5. The van der Waals surface area contributed by atoms with Gasteiger partial charge in [-0.05, 0) is 80.1 Å². The molecule has 0 saturated heterocycles. The molecular weight excluding hydrogens is 522 g/mol. The third-order valence-corrected chi connectivity index (χ3v) is 7.22. The van der Waals surface area contributed by atoms with Gasteiger partial charge in [0, 0.05) is 22.9 Å². The van der Waals surface area contributed by atoms with Crippen molar-refractivity contribution in [3.8, 4) is 39.8 Å². The molecule has 9 heteroatoms. The molecule has 0 fully saturated rings. The number of thiazole rings is 1. The maximum Gasteiger partial charge on any atom is 0.291 e. The second-order valence-corrected chi connectivity index (χ2v) is 10.1. The fourth-order valence-corrected chi connectivity index (χ4v) is 5.22. The molecule has 8 nitrogen and oxygen atoms in total. The molecule has 3 heterocycles. The second-order valence-electron chi connectivity index (χ2n) is 9.09. The topological polar surface area (TPSA) is 83.5 Å². The molecule has 0 bridgehead atoms. The first-order valence-corrected chi connectivity index (χ1v) is 14.0. The van der Waals surface area contributed by atoms with E-state index in [1.54, 1.807) is 0 Å². The molecule has 6 rings (SSSR count). The average Bonchev–Trinajstić information content (AvgIpc) is 3.68. The Morgan fingerprint density at radius 2 is 1.55 bits per heavy atom. The van der Waals surface area contributed by atoms with Crippen LogP contribution in [0.1, 0.15) is 25.8 Å². The van der Waals surface area contributed by atoms with Crippen LogP contribution in [0, 0.1) is 0 Å². The van der Waals surface area contributed by atoms with E-state index in [9.17, 15) is 4.79 Å². The highest BCUT2D eigenvalue weighted by Crippen LogP contribution is 2.27. The van der Waals surface area contributed by atoms with Crippen LogP contribution in [0.3, 0.4) is 0 Å². The van der Waals surface area contributed by atoms with Crippen LogP contribution in [-0.2, 0) is 0 Å². The standard InChI is InChI=1S/C31H27N5O3S/c1-3-18-39-26-14-10-21(11-15-26)28-23(20-35(33-28)24-8-6-5-7-9-24)19-27-30(37)36-31(40-27)32-29(34-36)22-12-16-25(17-13-22)38-4-2/h5-17,19-20H,3-4,18H2,1-2H3. The van der Waals surface area contributed by atoms with E-state index < -0.39 is 0 Å². The van der Waals surface area contributed by atoms with Gasteiger partial charge in [-0.25, -0.2) is 4.68 Å². The number of nitrogens with zero attached hydrogens (tertiary/aromatic N) is 5. The second kappa shape index (κ2) is 11.2. The van der Waals surface area contributed by atoms with E-state index in [-0.39, 0.29) is 5.56 Å². The van der Waals surface area contributed by atoms with Gasteiger partial charge >= 0.3 is 0 Å². The van der Waals surface area contributed by atoms with Crippen molar-refractivity contribution in [3.63, 3.8) is 0 Å². The Kier molecular flexibility index (Phi) is 7.11. The van der Waals surface area contributed by atoms with Gasteiger partial charge < -0.3 is 9.47 Å². The average molecular weight is 550 g/mol. The van der Waals surface area contributed by atoms with Crippen LogP contribution >= 0.6 is 11.3 Å². The molecule has 0 saturated carbocycles. The van der Waals surface area contributed by atoms with Crippen molar-refractivity contribution in [2.24, 2.45) is 0 Å². The Morgan fingerprint density at radius 1 is 0.850 bits per heavy atom. The van der Waals surface area contributed by atoms with E-state index in [0.29, 0.717) is 28.5 Å². The van der Waals surface area contributed by atoms with Crippen molar-refractivity contribution >= 4 is 22.4 Å². The normalized spacial score (nSPS) is 11.8. The van der Waals surface area contributed by atoms with Crippen LogP contribution in [0.5, 0.6) is 11.5 Å². The summed E-state index contributed by atoms with van der Waals surface area (Å²) in [6, 6.07) is 25.3. The predicted octanol–water partition coefficient (Wildman–Crippen LogP) is 5.41. The zero-order valence-electron chi connectivity index (χ0n) is 22.2. The summed E-state index contributed by atoms with van der Waals surface area (Å²) in [7, 11) is 0. The summed E-state index contributed by atoms with van der Waals surface area (Å²) in [5.74, 6) is 2.10. The predicted molar refractivity (Wildman–Crippen MR) is 157 cm³/mol. The molecule has 40 heavy (non-hydrogen) atoms. The zero-order valence-corrected chi connectivity index (χ0v) is 23.0. The summed E-state index contributed by atoms with van der Waals surface area (Å²) >= 11 is 1.31. The molecule has 0 amide bonds. The van der Waals surface area contributed by atoms with Crippen molar-refractivity contribution in [3.05, 3.63) is 106 Å². The largest absolute Gasteiger partial charge is 0.494 e. The molecule has 0 spiro atoms. The van der Waals surface area contributed by atoms with E-state index in [4.69, 9.17) is 14.6 Å². The Balaban J connectivity index is 1.39. The number of hydrogen-bond donors (Lipinski definition) is 0. The van der Waals surface area contributed by atoms with Gasteiger partial charge in [-0.2, -0.15) is 14.6 Å². The van der Waals surface area contributed by atoms with E-state index in [1.165, 1.54) is 15.9 Å². The van der Waals surface area contributed by atoms with E-state index in [2.05, 4.69) is 17.0 Å². The summed E-state index contributed by atoms with van der Waals surface area (Å²) < 4.78 is 15.0. The minimum absolute atomic E-state index is 0.216. The van der Waals surface area contributed by atoms with Crippen molar-refractivity contribution in [2.45, 2.75) is 20.3 Å². The molecule has 0 N–H and O–H groups in total. The highest BCUT2D eigenvalue weighted by molar-refractivity contribution is 7.15. The minimum Gasteiger partial charge on any atom is -0.494 e. The molecular formula is C31H27N5O3S. The Morgan fingerprint density at radius 3 is 2.23 bits per heavy atom. The molecule has 0 aliphatic heterocycles. The molecule has 0 radical (unpaired) electrons. The van der Waals surface area contributed by atoms with Crippen molar-refractivity contribution in [1.82, 2.24) is 24.4 Å². The lowest BCUT2D eigenvalue weighted by molar-refractivity contribution is 0.317. The number of ether oxygens (including phenoxy) is 2. The number of fused-ring (bicyclic) bond motifs is 1. The molecule has 3 aromatic carbocycles. The maximum atomic E-state index is 13.4. The van der Waals surface area contributed by atoms with E-state index in [1.807, 2.05) is 103 Å². The van der Waals surface area contributed by atoms with Crippen LogP contribution in [0.4, 0.5) is 0 Å². The summed E-state index contributed by atoms with van der Waals surface area (Å²) in [5.41, 5.74) is 4.04. The fourth-order valence-electron chi connectivity index (χ4n) is 4.32. The lowest BCUT2D eigenvalue weighted by atomic mass is 10.1. The first-order valence-electron chi connectivity index (χ1n) is 13.2. The summed E-state index contributed by atoms with van der Waals surface area (Å²) in [6.45, 7) is 5.29. The first-order chi connectivity index (χ1) is 19.6. The van der Waals surface area contributed by atoms with Crippen molar-refractivity contribution in [2.75, 3.05) is 13.2 Å². The lowest BCUT2D eigenvalue weighted by Crippen LogP contribution is -2.23. The summed E-state index contributed by atoms with van der Waals surface area (Å²) in [5, 5.41) is 9.38. The number of aromatic nitrogens is 5. The van der Waals surface area contributed by atoms with Gasteiger partial charge in [0.15, 0.2) is 5.82 Å². The molecule has 0 atom stereocenters. The zero-order chi connectivity index (χ0) is 27.5. The number of rotatable bonds is 9. The van der Waals surface area contributed by atoms with Gasteiger partial charge in [0.05, 0.1) is 23.4 Å².